The lowest BCUT2D eigenvalue weighted by Crippen LogP contribution is -2.10. The number of aromatic nitrogens is 2. The molecule has 2 aromatic carbocycles. The number of carbonyl (C=O) groups excluding carboxylic acids is 1. The molecule has 4 aromatic rings. The van der Waals surface area contributed by atoms with Crippen molar-refractivity contribution in [3.63, 3.8) is 0 Å². The Morgan fingerprint density at radius 2 is 1.73 bits per heavy atom. The van der Waals surface area contributed by atoms with E-state index in [9.17, 15) is 4.79 Å². The van der Waals surface area contributed by atoms with Gasteiger partial charge in [-0.1, -0.05) is 48.5 Å². The molecular formula is C28H28N4O. The first-order valence-electron chi connectivity index (χ1n) is 11.6. The van der Waals surface area contributed by atoms with Crippen molar-refractivity contribution >= 4 is 23.0 Å². The predicted octanol–water partition coefficient (Wildman–Crippen LogP) is 6.38. The number of fused-ring (bicyclic) bond motifs is 1. The number of pyridine rings is 1. The van der Waals surface area contributed by atoms with E-state index in [1.165, 1.54) is 5.56 Å². The summed E-state index contributed by atoms with van der Waals surface area (Å²) in [6.45, 7) is 0.847. The lowest BCUT2D eigenvalue weighted by molar-refractivity contribution is 0.0973. The largest absolute Gasteiger partial charge is 0.370 e. The zero-order valence-corrected chi connectivity index (χ0v) is 18.6. The fourth-order valence-corrected chi connectivity index (χ4v) is 4.44. The second-order valence-corrected chi connectivity index (χ2v) is 8.44. The Kier molecular flexibility index (Phi) is 6.20. The number of para-hydroxylation sites is 1. The number of hydrogen-bond donors (Lipinski definition) is 3. The van der Waals surface area contributed by atoms with Crippen LogP contribution in [0.3, 0.4) is 0 Å². The molecule has 0 bridgehead atoms. The average molecular weight is 437 g/mol. The van der Waals surface area contributed by atoms with Crippen molar-refractivity contribution in [1.82, 2.24) is 9.97 Å². The quantitative estimate of drug-likeness (QED) is 0.280. The molecule has 2 heterocycles. The standard InChI is InChI=1S/C28H28N4O/c33-24-15-7-14-23-26(24)28(31-22-12-5-2-6-13-22)27(32-23)21-16-18-30-25(19-21)29-17-8-11-20-9-3-1-4-10-20/h1-6,9-10,12-13,16,18-19,31-32H,7-8,11,14-15,17H2,(H,29,30). The van der Waals surface area contributed by atoms with Gasteiger partial charge in [0.25, 0.3) is 0 Å². The molecule has 0 atom stereocenters. The number of nitrogens with zero attached hydrogens (tertiary/aromatic N) is 1. The highest BCUT2D eigenvalue weighted by molar-refractivity contribution is 6.07. The van der Waals surface area contributed by atoms with Crippen molar-refractivity contribution in [2.24, 2.45) is 0 Å². The summed E-state index contributed by atoms with van der Waals surface area (Å²) < 4.78 is 0. The van der Waals surface area contributed by atoms with Crippen molar-refractivity contribution in [2.45, 2.75) is 32.1 Å². The van der Waals surface area contributed by atoms with Gasteiger partial charge in [-0.3, -0.25) is 4.79 Å². The number of aromatic amines is 1. The highest BCUT2D eigenvalue weighted by Crippen LogP contribution is 2.39. The third-order valence-electron chi connectivity index (χ3n) is 6.07. The van der Waals surface area contributed by atoms with Crippen molar-refractivity contribution in [1.29, 1.82) is 0 Å². The fraction of sp³-hybridized carbons (Fsp3) is 0.214. The zero-order chi connectivity index (χ0) is 22.5. The van der Waals surface area contributed by atoms with E-state index in [1.54, 1.807) is 0 Å². The van der Waals surface area contributed by atoms with Gasteiger partial charge >= 0.3 is 0 Å². The molecule has 166 valence electrons. The monoisotopic (exact) mass is 436 g/mol. The molecule has 0 radical (unpaired) electrons. The number of hydrogen-bond acceptors (Lipinski definition) is 4. The van der Waals surface area contributed by atoms with Crippen LogP contribution in [-0.2, 0) is 12.8 Å². The summed E-state index contributed by atoms with van der Waals surface area (Å²) in [5, 5.41) is 6.96. The molecule has 33 heavy (non-hydrogen) atoms. The predicted molar refractivity (Wildman–Crippen MR) is 134 cm³/mol. The van der Waals surface area contributed by atoms with Crippen LogP contribution >= 0.6 is 0 Å². The summed E-state index contributed by atoms with van der Waals surface area (Å²) in [5.41, 5.74) is 6.95. The van der Waals surface area contributed by atoms with Gasteiger partial charge < -0.3 is 15.6 Å². The molecule has 5 nitrogen and oxygen atoms in total. The zero-order valence-electron chi connectivity index (χ0n) is 18.6. The Morgan fingerprint density at radius 3 is 2.55 bits per heavy atom. The topological polar surface area (TPSA) is 69.8 Å². The third kappa shape index (κ3) is 4.82. The number of Topliss-reactive ketones (excluding diaryl/α,β-unsaturated/α-hetero) is 1. The Morgan fingerprint density at radius 1 is 0.939 bits per heavy atom. The first kappa shape index (κ1) is 21.0. The van der Waals surface area contributed by atoms with Crippen LogP contribution in [-0.4, -0.2) is 22.3 Å². The number of carbonyl (C=O) groups is 1. The van der Waals surface area contributed by atoms with E-state index in [4.69, 9.17) is 0 Å². The van der Waals surface area contributed by atoms with E-state index >= 15 is 0 Å². The number of benzene rings is 2. The lowest BCUT2D eigenvalue weighted by Gasteiger charge is -2.14. The van der Waals surface area contributed by atoms with E-state index in [0.717, 1.165) is 71.9 Å². The molecule has 0 saturated carbocycles. The van der Waals surface area contributed by atoms with Crippen LogP contribution < -0.4 is 10.6 Å². The molecule has 5 rings (SSSR count). The maximum absolute atomic E-state index is 12.8. The number of anilines is 3. The van der Waals surface area contributed by atoms with Crippen LogP contribution in [0.5, 0.6) is 0 Å². The Bertz CT molecular complexity index is 1230. The van der Waals surface area contributed by atoms with Crippen LogP contribution in [0.2, 0.25) is 0 Å². The SMILES string of the molecule is O=C1CCCc2[nH]c(-c3ccnc(NCCCc4ccccc4)c3)c(Nc3ccccc3)c21. The second-order valence-electron chi connectivity index (χ2n) is 8.44. The minimum Gasteiger partial charge on any atom is -0.370 e. The number of ketones is 1. The summed E-state index contributed by atoms with van der Waals surface area (Å²) >= 11 is 0. The Balaban J connectivity index is 1.38. The van der Waals surface area contributed by atoms with Crippen molar-refractivity contribution in [2.75, 3.05) is 17.2 Å². The molecule has 1 aliphatic rings. The van der Waals surface area contributed by atoms with Crippen LogP contribution in [0.15, 0.2) is 79.0 Å². The van der Waals surface area contributed by atoms with E-state index in [0.29, 0.717) is 6.42 Å². The molecule has 5 heteroatoms. The van der Waals surface area contributed by atoms with Crippen LogP contribution in [0.25, 0.3) is 11.3 Å². The minimum absolute atomic E-state index is 0.200. The maximum atomic E-state index is 12.8. The fourth-order valence-electron chi connectivity index (χ4n) is 4.44. The number of nitrogens with one attached hydrogen (secondary N) is 3. The normalized spacial score (nSPS) is 12.9. The Labute approximate surface area is 194 Å². The molecule has 0 amide bonds. The van der Waals surface area contributed by atoms with Gasteiger partial charge in [0.1, 0.15) is 5.82 Å². The van der Waals surface area contributed by atoms with Gasteiger partial charge in [0.05, 0.1) is 16.9 Å². The molecule has 0 saturated heterocycles. The highest BCUT2D eigenvalue weighted by Gasteiger charge is 2.27. The van der Waals surface area contributed by atoms with Crippen LogP contribution in [0.4, 0.5) is 17.2 Å². The van der Waals surface area contributed by atoms with Crippen LogP contribution in [0, 0.1) is 0 Å². The smallest absolute Gasteiger partial charge is 0.166 e. The van der Waals surface area contributed by atoms with Crippen LogP contribution in [0.1, 0.15) is 40.9 Å². The Hall–Kier alpha value is -3.86. The van der Waals surface area contributed by atoms with Crippen molar-refractivity contribution in [3.8, 4) is 11.3 Å². The molecule has 0 aliphatic heterocycles. The van der Waals surface area contributed by atoms with Gasteiger partial charge in [-0.15, -0.1) is 0 Å². The molecule has 0 unspecified atom stereocenters. The molecule has 1 aliphatic carbocycles. The van der Waals surface area contributed by atoms with E-state index < -0.39 is 0 Å². The first-order chi connectivity index (χ1) is 16.3. The van der Waals surface area contributed by atoms with Gasteiger partial charge in [-0.2, -0.15) is 0 Å². The van der Waals surface area contributed by atoms with Gasteiger partial charge in [-0.25, -0.2) is 4.98 Å². The number of rotatable bonds is 8. The van der Waals surface area contributed by atoms with E-state index in [1.807, 2.05) is 48.7 Å². The van der Waals surface area contributed by atoms with Crippen molar-refractivity contribution < 1.29 is 4.79 Å². The lowest BCUT2D eigenvalue weighted by atomic mass is 9.95. The van der Waals surface area contributed by atoms with Gasteiger partial charge in [0, 0.05) is 36.1 Å². The minimum atomic E-state index is 0.200. The summed E-state index contributed by atoms with van der Waals surface area (Å²) in [5.74, 6) is 1.04. The molecule has 0 fully saturated rings. The summed E-state index contributed by atoms with van der Waals surface area (Å²) in [6, 6.07) is 24.6. The third-order valence-corrected chi connectivity index (χ3v) is 6.07. The molecular weight excluding hydrogens is 408 g/mol. The van der Waals surface area contributed by atoms with E-state index in [2.05, 4.69) is 50.9 Å². The number of aryl methyl sites for hydroxylation is 2. The van der Waals surface area contributed by atoms with Crippen molar-refractivity contribution in [3.05, 3.63) is 95.8 Å². The summed E-state index contributed by atoms with van der Waals surface area (Å²) in [6.07, 6.45) is 6.26. The summed E-state index contributed by atoms with van der Waals surface area (Å²) in [7, 11) is 0. The van der Waals surface area contributed by atoms with Gasteiger partial charge in [-0.05, 0) is 55.5 Å². The average Bonchev–Trinajstić information content (AvgIpc) is 3.23. The number of H-pyrrole nitrogens is 1. The van der Waals surface area contributed by atoms with E-state index in [-0.39, 0.29) is 5.78 Å². The summed E-state index contributed by atoms with van der Waals surface area (Å²) in [4.78, 5) is 20.9. The maximum Gasteiger partial charge on any atom is 0.166 e. The molecule has 0 spiro atoms. The van der Waals surface area contributed by atoms with Gasteiger partial charge in [0.15, 0.2) is 5.78 Å². The van der Waals surface area contributed by atoms with Gasteiger partial charge in [0.2, 0.25) is 0 Å². The first-order valence-corrected chi connectivity index (χ1v) is 11.6. The molecule has 3 N–H and O–H groups in total. The second kappa shape index (κ2) is 9.74. The molecule has 2 aromatic heterocycles. The highest BCUT2D eigenvalue weighted by atomic mass is 16.1.